The van der Waals surface area contributed by atoms with Gasteiger partial charge < -0.3 is 4.90 Å². The van der Waals surface area contributed by atoms with Crippen LogP contribution in [0.2, 0.25) is 5.02 Å². The standard InChI is InChI=1S/C21H21ClF3N5/c22-19-13-17(21(23,24)25)14-26-20(19)29-9-2-8-28(11-12-29)15-16-3-5-18(6-4-16)30-10-1-7-27-30/h1,3-7,10,13-14H,2,8-9,11-12,15H2. The molecule has 0 bridgehead atoms. The molecule has 5 nitrogen and oxygen atoms in total. The van der Waals surface area contributed by atoms with Crippen molar-refractivity contribution < 1.29 is 13.2 Å². The summed E-state index contributed by atoms with van der Waals surface area (Å²) in [6.45, 7) is 3.84. The Balaban J connectivity index is 1.38. The van der Waals surface area contributed by atoms with Crippen LogP contribution in [-0.2, 0) is 12.7 Å². The highest BCUT2D eigenvalue weighted by Crippen LogP contribution is 2.33. The van der Waals surface area contributed by atoms with E-state index in [-0.39, 0.29) is 5.02 Å². The number of nitrogens with zero attached hydrogens (tertiary/aromatic N) is 5. The van der Waals surface area contributed by atoms with Crippen molar-refractivity contribution in [3.63, 3.8) is 0 Å². The second kappa shape index (κ2) is 8.65. The van der Waals surface area contributed by atoms with Crippen LogP contribution in [0.4, 0.5) is 19.0 Å². The third kappa shape index (κ3) is 4.76. The molecule has 1 fully saturated rings. The van der Waals surface area contributed by atoms with Crippen LogP contribution < -0.4 is 4.90 Å². The number of rotatable bonds is 4. The Kier molecular flexibility index (Phi) is 5.97. The molecule has 9 heteroatoms. The van der Waals surface area contributed by atoms with Gasteiger partial charge >= 0.3 is 6.18 Å². The first kappa shape index (κ1) is 20.7. The van der Waals surface area contributed by atoms with Gasteiger partial charge in [-0.2, -0.15) is 18.3 Å². The Morgan fingerprint density at radius 3 is 2.50 bits per heavy atom. The van der Waals surface area contributed by atoms with Gasteiger partial charge in [0.25, 0.3) is 0 Å². The van der Waals surface area contributed by atoms with E-state index >= 15 is 0 Å². The van der Waals surface area contributed by atoms with Gasteiger partial charge in [-0.1, -0.05) is 23.7 Å². The predicted octanol–water partition coefficient (Wildman–Crippen LogP) is 4.65. The maximum absolute atomic E-state index is 12.8. The molecule has 3 aromatic rings. The summed E-state index contributed by atoms with van der Waals surface area (Å²) in [5.41, 5.74) is 1.38. The van der Waals surface area contributed by atoms with E-state index in [1.54, 1.807) is 6.20 Å². The SMILES string of the molecule is FC(F)(F)c1cnc(N2CCCN(Cc3ccc(-n4cccn4)cc3)CC2)c(Cl)c1. The van der Waals surface area contributed by atoms with Gasteiger partial charge in [0.05, 0.1) is 16.3 Å². The van der Waals surface area contributed by atoms with Crippen molar-refractivity contribution in [1.82, 2.24) is 19.7 Å². The molecule has 0 saturated carbocycles. The second-order valence-corrected chi connectivity index (χ2v) is 7.67. The molecule has 3 heterocycles. The molecule has 1 aliphatic rings. The van der Waals surface area contributed by atoms with Gasteiger partial charge in [0.1, 0.15) is 5.82 Å². The summed E-state index contributed by atoms with van der Waals surface area (Å²) in [5.74, 6) is 0.412. The molecule has 4 rings (SSSR count). The summed E-state index contributed by atoms with van der Waals surface area (Å²) in [4.78, 5) is 8.30. The predicted molar refractivity (Wildman–Crippen MR) is 110 cm³/mol. The Bertz CT molecular complexity index is 973. The number of pyridine rings is 1. The van der Waals surface area contributed by atoms with Crippen molar-refractivity contribution >= 4 is 17.4 Å². The molecule has 0 spiro atoms. The fourth-order valence-corrected chi connectivity index (χ4v) is 3.88. The van der Waals surface area contributed by atoms with Crippen LogP contribution in [0.15, 0.2) is 55.0 Å². The van der Waals surface area contributed by atoms with Crippen molar-refractivity contribution in [3.8, 4) is 5.69 Å². The summed E-state index contributed by atoms with van der Waals surface area (Å²) in [7, 11) is 0. The van der Waals surface area contributed by atoms with E-state index in [1.807, 2.05) is 34.0 Å². The highest BCUT2D eigenvalue weighted by atomic mass is 35.5. The number of hydrogen-bond acceptors (Lipinski definition) is 4. The molecular formula is C21H21ClF3N5. The average molecular weight is 436 g/mol. The van der Waals surface area contributed by atoms with E-state index in [0.717, 1.165) is 44.0 Å². The number of benzene rings is 1. The third-order valence-electron chi connectivity index (χ3n) is 5.15. The molecule has 1 saturated heterocycles. The van der Waals surface area contributed by atoms with Crippen molar-refractivity contribution in [1.29, 1.82) is 0 Å². The summed E-state index contributed by atoms with van der Waals surface area (Å²) < 4.78 is 40.4. The van der Waals surface area contributed by atoms with Gasteiger partial charge in [-0.15, -0.1) is 0 Å². The third-order valence-corrected chi connectivity index (χ3v) is 5.43. The topological polar surface area (TPSA) is 37.2 Å². The van der Waals surface area contributed by atoms with Crippen LogP contribution in [0, 0.1) is 0 Å². The molecule has 158 valence electrons. The zero-order valence-electron chi connectivity index (χ0n) is 16.2. The first-order valence-electron chi connectivity index (χ1n) is 9.69. The molecule has 0 N–H and O–H groups in total. The summed E-state index contributed by atoms with van der Waals surface area (Å²) >= 11 is 6.12. The normalized spacial score (nSPS) is 15.9. The van der Waals surface area contributed by atoms with Crippen LogP contribution in [0.3, 0.4) is 0 Å². The minimum Gasteiger partial charge on any atom is -0.354 e. The molecule has 1 aromatic carbocycles. The van der Waals surface area contributed by atoms with E-state index in [4.69, 9.17) is 11.6 Å². The fourth-order valence-electron chi connectivity index (χ4n) is 3.59. The quantitative estimate of drug-likeness (QED) is 0.597. The van der Waals surface area contributed by atoms with Gasteiger partial charge in [-0.3, -0.25) is 4.90 Å². The lowest BCUT2D eigenvalue weighted by Crippen LogP contribution is -2.31. The Morgan fingerprint density at radius 2 is 1.83 bits per heavy atom. The first-order valence-corrected chi connectivity index (χ1v) is 10.1. The summed E-state index contributed by atoms with van der Waals surface area (Å²) in [6, 6.07) is 11.1. The van der Waals surface area contributed by atoms with Crippen molar-refractivity contribution in [2.75, 3.05) is 31.1 Å². The largest absolute Gasteiger partial charge is 0.417 e. The zero-order valence-corrected chi connectivity index (χ0v) is 16.9. The minimum atomic E-state index is -4.45. The van der Waals surface area contributed by atoms with Gasteiger partial charge in [-0.25, -0.2) is 9.67 Å². The Hall–Kier alpha value is -2.58. The van der Waals surface area contributed by atoms with E-state index < -0.39 is 11.7 Å². The maximum atomic E-state index is 12.8. The smallest absolute Gasteiger partial charge is 0.354 e. The summed E-state index contributed by atoms with van der Waals surface area (Å²) in [5, 5.41) is 4.26. The highest BCUT2D eigenvalue weighted by Gasteiger charge is 2.32. The van der Waals surface area contributed by atoms with Crippen LogP contribution >= 0.6 is 11.6 Å². The molecule has 0 radical (unpaired) electrons. The molecule has 0 unspecified atom stereocenters. The fraction of sp³-hybridized carbons (Fsp3) is 0.333. The van der Waals surface area contributed by atoms with Crippen molar-refractivity contribution in [2.45, 2.75) is 19.1 Å². The van der Waals surface area contributed by atoms with E-state index in [2.05, 4.69) is 27.1 Å². The van der Waals surface area contributed by atoms with Gasteiger partial charge in [0.15, 0.2) is 0 Å². The molecule has 1 aliphatic heterocycles. The zero-order chi connectivity index (χ0) is 21.1. The van der Waals surface area contributed by atoms with Crippen LogP contribution in [0.5, 0.6) is 0 Å². The lowest BCUT2D eigenvalue weighted by atomic mass is 10.2. The lowest BCUT2D eigenvalue weighted by Gasteiger charge is -2.24. The number of anilines is 1. The molecule has 0 amide bonds. The molecule has 30 heavy (non-hydrogen) atoms. The number of aromatic nitrogens is 3. The monoisotopic (exact) mass is 435 g/mol. The van der Waals surface area contributed by atoms with Gasteiger partial charge in [0, 0.05) is 51.3 Å². The molecule has 0 atom stereocenters. The highest BCUT2D eigenvalue weighted by molar-refractivity contribution is 6.33. The maximum Gasteiger partial charge on any atom is 0.417 e. The number of alkyl halides is 3. The van der Waals surface area contributed by atoms with E-state index in [0.29, 0.717) is 18.9 Å². The first-order chi connectivity index (χ1) is 14.4. The molecule has 0 aliphatic carbocycles. The Morgan fingerprint density at radius 1 is 1.03 bits per heavy atom. The van der Waals surface area contributed by atoms with Gasteiger partial charge in [-0.05, 0) is 36.2 Å². The number of halogens is 4. The summed E-state index contributed by atoms with van der Waals surface area (Å²) in [6.07, 6.45) is 0.931. The van der Waals surface area contributed by atoms with Crippen LogP contribution in [0.25, 0.3) is 5.69 Å². The second-order valence-electron chi connectivity index (χ2n) is 7.26. The average Bonchev–Trinajstić information content (AvgIpc) is 3.16. The van der Waals surface area contributed by atoms with E-state index in [1.165, 1.54) is 5.56 Å². The van der Waals surface area contributed by atoms with E-state index in [9.17, 15) is 13.2 Å². The van der Waals surface area contributed by atoms with Crippen LogP contribution in [-0.4, -0.2) is 45.8 Å². The lowest BCUT2D eigenvalue weighted by molar-refractivity contribution is -0.137. The number of hydrogen-bond donors (Lipinski definition) is 0. The van der Waals surface area contributed by atoms with Crippen molar-refractivity contribution in [2.24, 2.45) is 0 Å². The Labute approximate surface area is 177 Å². The van der Waals surface area contributed by atoms with Gasteiger partial charge in [0.2, 0.25) is 0 Å². The van der Waals surface area contributed by atoms with Crippen LogP contribution in [0.1, 0.15) is 17.5 Å². The van der Waals surface area contributed by atoms with Crippen molar-refractivity contribution in [3.05, 3.63) is 71.1 Å². The molecule has 2 aromatic heterocycles. The minimum absolute atomic E-state index is 0.0347. The molecular weight excluding hydrogens is 415 g/mol.